The second kappa shape index (κ2) is 7.51. The number of nitrogens with one attached hydrogen (secondary N) is 1. The highest BCUT2D eigenvalue weighted by molar-refractivity contribution is 5.86. The van der Waals surface area contributed by atoms with Crippen LogP contribution in [-0.2, 0) is 10.7 Å². The number of amides is 1. The number of carbonyl (C=O) groups is 1. The molecule has 0 fully saturated rings. The first kappa shape index (κ1) is 19.0. The molecule has 0 aliphatic carbocycles. The zero-order valence-corrected chi connectivity index (χ0v) is 14.0. The van der Waals surface area contributed by atoms with Gasteiger partial charge in [-0.15, -0.1) is 0 Å². The van der Waals surface area contributed by atoms with Gasteiger partial charge in [0, 0.05) is 11.1 Å². The van der Waals surface area contributed by atoms with Crippen molar-refractivity contribution in [1.82, 2.24) is 10.2 Å². The average molecular weight is 323 g/mol. The Morgan fingerprint density at radius 1 is 1.30 bits per heavy atom. The predicted octanol–water partition coefficient (Wildman–Crippen LogP) is 2.89. The number of nitriles is 1. The van der Waals surface area contributed by atoms with Crippen LogP contribution in [0, 0.1) is 11.3 Å². The van der Waals surface area contributed by atoms with E-state index in [1.807, 2.05) is 19.0 Å². The fraction of sp³-hybridized carbons (Fsp3) is 0.529. The van der Waals surface area contributed by atoms with E-state index in [1.165, 1.54) is 18.2 Å². The third-order valence-electron chi connectivity index (χ3n) is 3.53. The van der Waals surface area contributed by atoms with Crippen molar-refractivity contribution in [2.75, 3.05) is 20.6 Å². The molecule has 1 rings (SSSR count). The van der Waals surface area contributed by atoms with Crippen LogP contribution in [0.2, 0.25) is 0 Å². The molecule has 0 heterocycles. The second-order valence-electron chi connectivity index (χ2n) is 6.48. The maximum atomic E-state index is 14.4. The van der Waals surface area contributed by atoms with Crippen molar-refractivity contribution in [2.24, 2.45) is 0 Å². The van der Waals surface area contributed by atoms with Crippen LogP contribution in [0.3, 0.4) is 0 Å². The summed E-state index contributed by atoms with van der Waals surface area (Å²) >= 11 is 0. The Morgan fingerprint density at radius 3 is 2.48 bits per heavy atom. The third-order valence-corrected chi connectivity index (χ3v) is 3.53. The molecular weight excluding hydrogens is 300 g/mol. The summed E-state index contributed by atoms with van der Waals surface area (Å²) < 4.78 is 28.8. The molecule has 6 heteroatoms. The first-order valence-corrected chi connectivity index (χ1v) is 7.45. The number of alkyl halides is 2. The first-order chi connectivity index (χ1) is 10.6. The van der Waals surface area contributed by atoms with Gasteiger partial charge in [0.05, 0.1) is 11.6 Å². The summed E-state index contributed by atoms with van der Waals surface area (Å²) in [6, 6.07) is 6.96. The SMILES string of the molecule is CN(C)CCCC(C)(C)NC(=O)C(F)(F)c1ccccc1C#N. The lowest BCUT2D eigenvalue weighted by atomic mass is 9.96. The van der Waals surface area contributed by atoms with Gasteiger partial charge >= 0.3 is 5.92 Å². The smallest absolute Gasteiger partial charge is 0.346 e. The van der Waals surface area contributed by atoms with E-state index in [9.17, 15) is 13.6 Å². The van der Waals surface area contributed by atoms with E-state index >= 15 is 0 Å². The number of carbonyl (C=O) groups excluding carboxylic acids is 1. The van der Waals surface area contributed by atoms with E-state index in [1.54, 1.807) is 19.9 Å². The van der Waals surface area contributed by atoms with E-state index in [4.69, 9.17) is 5.26 Å². The molecule has 0 bridgehead atoms. The summed E-state index contributed by atoms with van der Waals surface area (Å²) in [4.78, 5) is 14.1. The second-order valence-corrected chi connectivity index (χ2v) is 6.48. The van der Waals surface area contributed by atoms with Crippen LogP contribution in [0.4, 0.5) is 8.78 Å². The fourth-order valence-electron chi connectivity index (χ4n) is 2.26. The molecular formula is C17H23F2N3O. The van der Waals surface area contributed by atoms with Crippen molar-refractivity contribution in [3.05, 3.63) is 35.4 Å². The van der Waals surface area contributed by atoms with Crippen LogP contribution >= 0.6 is 0 Å². The Kier molecular flexibility index (Phi) is 6.22. The van der Waals surface area contributed by atoms with Gasteiger partial charge in [-0.05, 0) is 53.4 Å². The molecule has 1 aromatic rings. The summed E-state index contributed by atoms with van der Waals surface area (Å²) in [5.74, 6) is -5.12. The van der Waals surface area contributed by atoms with Crippen molar-refractivity contribution >= 4 is 5.91 Å². The topological polar surface area (TPSA) is 56.1 Å². The number of hydrogen-bond donors (Lipinski definition) is 1. The third kappa shape index (κ3) is 5.29. The monoisotopic (exact) mass is 323 g/mol. The van der Waals surface area contributed by atoms with E-state index in [-0.39, 0.29) is 5.56 Å². The van der Waals surface area contributed by atoms with Crippen LogP contribution in [0.1, 0.15) is 37.8 Å². The van der Waals surface area contributed by atoms with Gasteiger partial charge in [-0.1, -0.05) is 18.2 Å². The lowest BCUT2D eigenvalue weighted by molar-refractivity contribution is -0.149. The normalized spacial score (nSPS) is 12.1. The van der Waals surface area contributed by atoms with Crippen molar-refractivity contribution in [3.63, 3.8) is 0 Å². The van der Waals surface area contributed by atoms with Gasteiger partial charge in [0.2, 0.25) is 0 Å². The molecule has 4 nitrogen and oxygen atoms in total. The van der Waals surface area contributed by atoms with Crippen LogP contribution in [0.5, 0.6) is 0 Å². The molecule has 1 amide bonds. The predicted molar refractivity (Wildman–Crippen MR) is 85.1 cm³/mol. The summed E-state index contributed by atoms with van der Waals surface area (Å²) in [6.45, 7) is 4.24. The molecule has 0 radical (unpaired) electrons. The molecule has 0 aliphatic rings. The zero-order chi connectivity index (χ0) is 17.7. The van der Waals surface area contributed by atoms with E-state index in [0.717, 1.165) is 19.0 Å². The van der Waals surface area contributed by atoms with Gasteiger partial charge in [-0.2, -0.15) is 14.0 Å². The molecule has 0 spiro atoms. The molecule has 126 valence electrons. The van der Waals surface area contributed by atoms with E-state index in [2.05, 4.69) is 5.32 Å². The Bertz CT molecular complexity index is 592. The minimum atomic E-state index is -3.74. The number of rotatable bonds is 7. The molecule has 0 aliphatic heterocycles. The van der Waals surface area contributed by atoms with Crippen molar-refractivity contribution in [3.8, 4) is 6.07 Å². The standard InChI is InChI=1S/C17H23F2N3O/c1-16(2,10-7-11-22(3)4)21-15(23)17(18,19)14-9-6-5-8-13(14)12-20/h5-6,8-9H,7,10-11H2,1-4H3,(H,21,23). The molecule has 0 atom stereocenters. The summed E-state index contributed by atoms with van der Waals surface area (Å²) in [5, 5.41) is 11.3. The highest BCUT2D eigenvalue weighted by Gasteiger charge is 2.44. The largest absolute Gasteiger partial charge is 0.351 e. The minimum Gasteiger partial charge on any atom is -0.346 e. The Balaban J connectivity index is 2.85. The maximum Gasteiger partial charge on any atom is 0.351 e. The van der Waals surface area contributed by atoms with Crippen LogP contribution < -0.4 is 5.32 Å². The average Bonchev–Trinajstić information content (AvgIpc) is 2.45. The number of halogens is 2. The van der Waals surface area contributed by atoms with Crippen molar-refractivity contribution < 1.29 is 13.6 Å². The van der Waals surface area contributed by atoms with E-state index in [0.29, 0.717) is 6.42 Å². The maximum absolute atomic E-state index is 14.4. The first-order valence-electron chi connectivity index (χ1n) is 7.45. The van der Waals surface area contributed by atoms with Crippen LogP contribution in [0.15, 0.2) is 24.3 Å². The van der Waals surface area contributed by atoms with Gasteiger partial charge in [0.1, 0.15) is 0 Å². The molecule has 23 heavy (non-hydrogen) atoms. The van der Waals surface area contributed by atoms with Crippen LogP contribution in [-0.4, -0.2) is 37.0 Å². The Morgan fingerprint density at radius 2 is 1.91 bits per heavy atom. The van der Waals surface area contributed by atoms with Gasteiger partial charge in [0.25, 0.3) is 5.91 Å². The van der Waals surface area contributed by atoms with Gasteiger partial charge in [0.15, 0.2) is 0 Å². The van der Waals surface area contributed by atoms with E-state index < -0.39 is 22.9 Å². The summed E-state index contributed by atoms with van der Waals surface area (Å²) in [5.41, 5.74) is -1.51. The summed E-state index contributed by atoms with van der Waals surface area (Å²) in [6.07, 6.45) is 1.35. The molecule has 0 saturated carbocycles. The fourth-order valence-corrected chi connectivity index (χ4v) is 2.26. The van der Waals surface area contributed by atoms with Crippen molar-refractivity contribution in [1.29, 1.82) is 5.26 Å². The molecule has 0 saturated heterocycles. The zero-order valence-electron chi connectivity index (χ0n) is 14.0. The number of nitrogens with zero attached hydrogens (tertiary/aromatic N) is 2. The van der Waals surface area contributed by atoms with Gasteiger partial charge in [-0.25, -0.2) is 0 Å². The Hall–Kier alpha value is -2.00. The lowest BCUT2D eigenvalue weighted by Gasteiger charge is -2.29. The molecule has 1 N–H and O–H groups in total. The van der Waals surface area contributed by atoms with Gasteiger partial charge in [-0.3, -0.25) is 4.79 Å². The number of benzene rings is 1. The highest BCUT2D eigenvalue weighted by Crippen LogP contribution is 2.31. The molecule has 0 unspecified atom stereocenters. The van der Waals surface area contributed by atoms with Crippen molar-refractivity contribution in [2.45, 2.75) is 38.2 Å². The molecule has 1 aromatic carbocycles. The quantitative estimate of drug-likeness (QED) is 0.839. The number of hydrogen-bond acceptors (Lipinski definition) is 3. The highest BCUT2D eigenvalue weighted by atomic mass is 19.3. The minimum absolute atomic E-state index is 0.196. The Labute approximate surface area is 136 Å². The molecule has 0 aromatic heterocycles. The van der Waals surface area contributed by atoms with Gasteiger partial charge < -0.3 is 10.2 Å². The lowest BCUT2D eigenvalue weighted by Crippen LogP contribution is -2.49. The summed E-state index contributed by atoms with van der Waals surface area (Å²) in [7, 11) is 3.86. The van der Waals surface area contributed by atoms with Crippen LogP contribution in [0.25, 0.3) is 0 Å².